The van der Waals surface area contributed by atoms with Crippen LogP contribution >= 0.6 is 11.6 Å². The Bertz CT molecular complexity index is 1330. The van der Waals surface area contributed by atoms with E-state index in [1.807, 2.05) is 30.3 Å². The molecule has 1 aliphatic rings. The van der Waals surface area contributed by atoms with Crippen molar-refractivity contribution in [1.29, 1.82) is 0 Å². The molecule has 5 rings (SSSR count). The summed E-state index contributed by atoms with van der Waals surface area (Å²) in [6.07, 6.45) is 0. The van der Waals surface area contributed by atoms with Crippen LogP contribution in [0.15, 0.2) is 82.0 Å². The average Bonchev–Trinajstić information content (AvgIpc) is 3.02. The van der Waals surface area contributed by atoms with Crippen molar-refractivity contribution in [2.24, 2.45) is 0 Å². The minimum atomic E-state index is -0.632. The van der Waals surface area contributed by atoms with E-state index in [-0.39, 0.29) is 28.4 Å². The lowest BCUT2D eigenvalue weighted by molar-refractivity contribution is 0.0714. The molecule has 0 saturated carbocycles. The van der Waals surface area contributed by atoms with Gasteiger partial charge in [-0.3, -0.25) is 9.59 Å². The number of benzene rings is 3. The third-order valence-electron chi connectivity index (χ3n) is 5.33. The van der Waals surface area contributed by atoms with E-state index >= 15 is 0 Å². The van der Waals surface area contributed by atoms with Gasteiger partial charge in [0.2, 0.25) is 5.76 Å². The molecule has 0 aliphatic carbocycles. The minimum absolute atomic E-state index is 0.0452. The molecule has 0 unspecified atom stereocenters. The van der Waals surface area contributed by atoms with Crippen molar-refractivity contribution >= 4 is 28.5 Å². The van der Waals surface area contributed by atoms with Crippen LogP contribution < -0.4 is 5.43 Å². The number of carbonyl (C=O) groups is 1. The summed E-state index contributed by atoms with van der Waals surface area (Å²) in [5, 5.41) is 10.4. The van der Waals surface area contributed by atoms with E-state index in [0.717, 1.165) is 5.56 Å². The maximum Gasteiger partial charge on any atom is 0.291 e. The number of halogens is 1. The van der Waals surface area contributed by atoms with Crippen LogP contribution in [0, 0.1) is 0 Å². The van der Waals surface area contributed by atoms with Crippen molar-refractivity contribution < 1.29 is 14.3 Å². The fourth-order valence-corrected chi connectivity index (χ4v) is 4.11. The zero-order valence-corrected chi connectivity index (χ0v) is 16.5. The molecule has 0 spiro atoms. The first-order valence-corrected chi connectivity index (χ1v) is 9.81. The molecule has 1 aliphatic heterocycles. The molecule has 6 heteroatoms. The molecule has 2 heterocycles. The lowest BCUT2D eigenvalue weighted by atomic mass is 9.98. The van der Waals surface area contributed by atoms with Gasteiger partial charge < -0.3 is 14.4 Å². The summed E-state index contributed by atoms with van der Waals surface area (Å²) in [6.45, 7) is 0.311. The molecule has 0 radical (unpaired) electrons. The normalized spacial score (nSPS) is 15.6. The molecule has 0 bridgehead atoms. The first kappa shape index (κ1) is 18.5. The average molecular weight is 418 g/mol. The van der Waals surface area contributed by atoms with Gasteiger partial charge in [-0.2, -0.15) is 0 Å². The monoisotopic (exact) mass is 417 g/mol. The maximum atomic E-state index is 13.4. The summed E-state index contributed by atoms with van der Waals surface area (Å²) in [7, 11) is 0. The summed E-state index contributed by atoms with van der Waals surface area (Å²) < 4.78 is 5.90. The zero-order chi connectivity index (χ0) is 20.8. The number of rotatable bonds is 3. The van der Waals surface area contributed by atoms with E-state index in [1.54, 1.807) is 35.2 Å². The van der Waals surface area contributed by atoms with Crippen molar-refractivity contribution in [2.45, 2.75) is 12.6 Å². The summed E-state index contributed by atoms with van der Waals surface area (Å²) >= 11 is 6.09. The molecule has 0 fully saturated rings. The molecule has 148 valence electrons. The third kappa shape index (κ3) is 2.95. The van der Waals surface area contributed by atoms with Crippen molar-refractivity contribution in [3.05, 3.63) is 110 Å². The van der Waals surface area contributed by atoms with Gasteiger partial charge in [0, 0.05) is 11.6 Å². The molecule has 5 nitrogen and oxygen atoms in total. The predicted molar refractivity (Wildman–Crippen MR) is 114 cm³/mol. The second-order valence-electron chi connectivity index (χ2n) is 7.23. The number of aromatic hydroxyl groups is 1. The Kier molecular flexibility index (Phi) is 4.33. The number of hydrogen-bond donors (Lipinski definition) is 1. The Morgan fingerprint density at radius 2 is 1.70 bits per heavy atom. The van der Waals surface area contributed by atoms with E-state index in [4.69, 9.17) is 16.0 Å². The van der Waals surface area contributed by atoms with Gasteiger partial charge in [-0.1, -0.05) is 54.1 Å². The Morgan fingerprint density at radius 3 is 2.43 bits per heavy atom. The number of carbonyl (C=O) groups excluding carboxylic acids is 1. The molecule has 0 saturated heterocycles. The van der Waals surface area contributed by atoms with Crippen LogP contribution in [0.1, 0.15) is 33.3 Å². The lowest BCUT2D eigenvalue weighted by Crippen LogP contribution is -2.29. The molecule has 30 heavy (non-hydrogen) atoms. The molecule has 1 atom stereocenters. The minimum Gasteiger partial charge on any atom is -0.508 e. The Balaban J connectivity index is 1.74. The van der Waals surface area contributed by atoms with E-state index in [2.05, 4.69) is 0 Å². The molecule has 1 aromatic heterocycles. The summed E-state index contributed by atoms with van der Waals surface area (Å²) in [5.41, 5.74) is 1.97. The lowest BCUT2D eigenvalue weighted by Gasteiger charge is -2.25. The smallest absolute Gasteiger partial charge is 0.291 e. The highest BCUT2D eigenvalue weighted by Gasteiger charge is 2.42. The fraction of sp³-hybridized carbons (Fsp3) is 0.0833. The summed E-state index contributed by atoms with van der Waals surface area (Å²) in [4.78, 5) is 28.4. The van der Waals surface area contributed by atoms with Crippen LogP contribution in [0.25, 0.3) is 11.0 Å². The van der Waals surface area contributed by atoms with Gasteiger partial charge >= 0.3 is 0 Å². The number of fused-ring (bicyclic) bond motifs is 2. The number of phenolic OH excluding ortho intramolecular Hbond substituents is 1. The number of amides is 1. The van der Waals surface area contributed by atoms with Gasteiger partial charge in [0.15, 0.2) is 5.43 Å². The molecular formula is C24H16ClNO4. The Morgan fingerprint density at radius 1 is 0.967 bits per heavy atom. The molecular weight excluding hydrogens is 402 g/mol. The van der Waals surface area contributed by atoms with Gasteiger partial charge in [-0.15, -0.1) is 0 Å². The quantitative estimate of drug-likeness (QED) is 0.514. The highest BCUT2D eigenvalue weighted by atomic mass is 35.5. The van der Waals surface area contributed by atoms with Crippen LogP contribution in [0.2, 0.25) is 5.02 Å². The number of hydrogen-bond acceptors (Lipinski definition) is 4. The topological polar surface area (TPSA) is 70.8 Å². The number of nitrogens with zero attached hydrogens (tertiary/aromatic N) is 1. The molecule has 4 aromatic rings. The summed E-state index contributed by atoms with van der Waals surface area (Å²) in [5.74, 6) is -0.194. The van der Waals surface area contributed by atoms with Crippen LogP contribution in [-0.4, -0.2) is 15.9 Å². The van der Waals surface area contributed by atoms with Crippen molar-refractivity contribution in [3.8, 4) is 5.75 Å². The van der Waals surface area contributed by atoms with Crippen molar-refractivity contribution in [2.75, 3.05) is 0 Å². The highest BCUT2D eigenvalue weighted by molar-refractivity contribution is 6.31. The fourth-order valence-electron chi connectivity index (χ4n) is 3.94. The van der Waals surface area contributed by atoms with Gasteiger partial charge in [-0.05, 0) is 41.5 Å². The van der Waals surface area contributed by atoms with E-state index < -0.39 is 6.04 Å². The highest BCUT2D eigenvalue weighted by Crippen LogP contribution is 2.39. The SMILES string of the molecule is O=C1c2oc3ccc(Cl)cc3c(=O)c2[C@H](c2ccc(O)cc2)N1Cc1ccccc1. The molecule has 1 amide bonds. The van der Waals surface area contributed by atoms with E-state index in [0.29, 0.717) is 28.1 Å². The molecule has 1 N–H and O–H groups in total. The zero-order valence-electron chi connectivity index (χ0n) is 15.7. The second kappa shape index (κ2) is 7.04. The van der Waals surface area contributed by atoms with Gasteiger partial charge in [-0.25, -0.2) is 0 Å². The predicted octanol–water partition coefficient (Wildman–Crippen LogP) is 4.90. The van der Waals surface area contributed by atoms with Gasteiger partial charge in [0.25, 0.3) is 5.91 Å². The van der Waals surface area contributed by atoms with E-state index in [9.17, 15) is 14.7 Å². The number of phenols is 1. The van der Waals surface area contributed by atoms with E-state index in [1.165, 1.54) is 12.1 Å². The van der Waals surface area contributed by atoms with Crippen molar-refractivity contribution in [1.82, 2.24) is 4.90 Å². The Labute approximate surface area is 176 Å². The van der Waals surface area contributed by atoms with Crippen LogP contribution in [0.5, 0.6) is 5.75 Å². The second-order valence-corrected chi connectivity index (χ2v) is 7.66. The van der Waals surface area contributed by atoms with Crippen molar-refractivity contribution in [3.63, 3.8) is 0 Å². The van der Waals surface area contributed by atoms with Crippen LogP contribution in [0.4, 0.5) is 0 Å². The standard InChI is InChI=1S/C24H16ClNO4/c25-16-8-11-19-18(12-16)22(28)20-21(15-6-9-17(27)10-7-15)26(24(29)23(20)30-19)13-14-4-2-1-3-5-14/h1-12,21,27H,13H2/t21-/m0/s1. The first-order chi connectivity index (χ1) is 14.5. The van der Waals surface area contributed by atoms with Gasteiger partial charge in [0.1, 0.15) is 11.3 Å². The van der Waals surface area contributed by atoms with Gasteiger partial charge in [0.05, 0.1) is 17.0 Å². The largest absolute Gasteiger partial charge is 0.508 e. The summed E-state index contributed by atoms with van der Waals surface area (Å²) in [6, 6.07) is 20.2. The Hall–Kier alpha value is -3.57. The van der Waals surface area contributed by atoms with Crippen LogP contribution in [0.3, 0.4) is 0 Å². The third-order valence-corrected chi connectivity index (χ3v) is 5.57. The maximum absolute atomic E-state index is 13.4. The molecule has 3 aromatic carbocycles. The first-order valence-electron chi connectivity index (χ1n) is 9.43. The van der Waals surface area contributed by atoms with Crippen LogP contribution in [-0.2, 0) is 6.54 Å².